The van der Waals surface area contributed by atoms with E-state index in [2.05, 4.69) is 36.9 Å². The molecular weight excluding hydrogens is 350 g/mol. The fourth-order valence-electron chi connectivity index (χ4n) is 8.55. The van der Waals surface area contributed by atoms with Gasteiger partial charge in [0, 0.05) is 17.4 Å². The molecule has 28 heavy (non-hydrogen) atoms. The molecule has 1 N–H and O–H groups in total. The van der Waals surface area contributed by atoms with Crippen LogP contribution in [0.5, 0.6) is 0 Å². The van der Waals surface area contributed by atoms with E-state index in [1.54, 1.807) is 6.08 Å². The van der Waals surface area contributed by atoms with Crippen molar-refractivity contribution in [3.8, 4) is 0 Å². The molecule has 148 valence electrons. The zero-order chi connectivity index (χ0) is 19.3. The minimum atomic E-state index is -0.352. The molecule has 0 amide bonds. The fraction of sp³-hybridized carbons (Fsp3) is 0.667. The molecule has 4 heteroatoms. The quantitative estimate of drug-likeness (QED) is 0.316. The largest absolute Gasteiger partial charge is 0.451 e. The molecule has 4 nitrogen and oxygen atoms in total. The van der Waals surface area contributed by atoms with Gasteiger partial charge in [0.15, 0.2) is 0 Å². The monoisotopic (exact) mass is 379 g/mol. The highest BCUT2D eigenvalue weighted by molar-refractivity contribution is 5.96. The highest BCUT2D eigenvalue weighted by atomic mass is 16.6. The molecule has 5 aliphatic carbocycles. The Morgan fingerprint density at radius 1 is 1.36 bits per heavy atom. The van der Waals surface area contributed by atoms with Gasteiger partial charge in [-0.3, -0.25) is 0 Å². The van der Waals surface area contributed by atoms with Crippen LogP contribution < -0.4 is 0 Å². The number of allylic oxidation sites excluding steroid dienone is 3. The Morgan fingerprint density at radius 3 is 2.93 bits per heavy atom. The van der Waals surface area contributed by atoms with Gasteiger partial charge in [-0.25, -0.2) is 4.79 Å². The first kappa shape index (κ1) is 17.1. The Labute approximate surface area is 166 Å². The van der Waals surface area contributed by atoms with Crippen LogP contribution in [0.15, 0.2) is 41.6 Å². The molecule has 0 radical (unpaired) electrons. The van der Waals surface area contributed by atoms with E-state index in [0.717, 1.165) is 31.4 Å². The van der Waals surface area contributed by atoms with Crippen molar-refractivity contribution in [2.45, 2.75) is 51.0 Å². The molecule has 3 unspecified atom stereocenters. The standard InChI is InChI=1S/C24H29NO3/c1-3-13-10-14-11-15(25-27)4-5-16(14)17-6-8-23(2)22(21(13)17)18-12-19(18)24(23)9-7-20(26)28-24/h3,7,9,11,13,16-19,21-22,27H,1,4-6,8,10,12H2,2H3/b25-15+/t13-,16+,17?,18-,19+,21?,22?,23+,24+/m1/s1. The summed E-state index contributed by atoms with van der Waals surface area (Å²) < 4.78 is 6.09. The van der Waals surface area contributed by atoms with Crippen LogP contribution in [0.1, 0.15) is 45.4 Å². The van der Waals surface area contributed by atoms with Crippen molar-refractivity contribution in [2.24, 2.45) is 52.0 Å². The zero-order valence-electron chi connectivity index (χ0n) is 16.5. The highest BCUT2D eigenvalue weighted by Gasteiger charge is 2.78. The molecule has 4 saturated carbocycles. The van der Waals surface area contributed by atoms with E-state index in [0.29, 0.717) is 41.4 Å². The number of hydrogen-bond acceptors (Lipinski definition) is 4. The van der Waals surface area contributed by atoms with Gasteiger partial charge in [-0.05, 0) is 86.2 Å². The second-order valence-corrected chi connectivity index (χ2v) is 10.3. The lowest BCUT2D eigenvalue weighted by atomic mass is 9.47. The van der Waals surface area contributed by atoms with E-state index in [4.69, 9.17) is 4.74 Å². The number of carbonyl (C=O) groups excluding carboxylic acids is 1. The number of fused-ring (bicyclic) bond motifs is 9. The summed E-state index contributed by atoms with van der Waals surface area (Å²) in [5.41, 5.74) is 2.01. The van der Waals surface area contributed by atoms with E-state index in [9.17, 15) is 10.0 Å². The molecule has 1 heterocycles. The summed E-state index contributed by atoms with van der Waals surface area (Å²) in [7, 11) is 0. The van der Waals surface area contributed by atoms with Gasteiger partial charge >= 0.3 is 5.97 Å². The first-order chi connectivity index (χ1) is 13.5. The van der Waals surface area contributed by atoms with Crippen molar-refractivity contribution in [1.82, 2.24) is 0 Å². The number of ether oxygens (including phenoxy) is 1. The van der Waals surface area contributed by atoms with Crippen LogP contribution in [0, 0.1) is 46.8 Å². The van der Waals surface area contributed by atoms with E-state index < -0.39 is 0 Å². The number of hydrogen-bond donors (Lipinski definition) is 1. The average Bonchev–Trinajstić information content (AvgIpc) is 3.35. The lowest BCUT2D eigenvalue weighted by Crippen LogP contribution is -2.56. The summed E-state index contributed by atoms with van der Waals surface area (Å²) in [5.74, 6) is 4.08. The van der Waals surface area contributed by atoms with Crippen LogP contribution in [0.25, 0.3) is 0 Å². The van der Waals surface area contributed by atoms with Crippen molar-refractivity contribution in [2.75, 3.05) is 0 Å². The number of carbonyl (C=O) groups is 1. The average molecular weight is 380 g/mol. The molecule has 1 aliphatic heterocycles. The van der Waals surface area contributed by atoms with Gasteiger partial charge in [0.1, 0.15) is 5.60 Å². The van der Waals surface area contributed by atoms with E-state index in [1.807, 2.05) is 0 Å². The normalized spacial score (nSPS) is 54.5. The summed E-state index contributed by atoms with van der Waals surface area (Å²) in [6, 6.07) is 0. The van der Waals surface area contributed by atoms with Gasteiger partial charge in [-0.15, -0.1) is 6.58 Å². The van der Waals surface area contributed by atoms with Gasteiger partial charge in [-0.1, -0.05) is 23.7 Å². The molecule has 0 bridgehead atoms. The number of nitrogens with zero attached hydrogens (tertiary/aromatic N) is 1. The lowest BCUT2D eigenvalue weighted by molar-refractivity contribution is -0.169. The van der Waals surface area contributed by atoms with Crippen molar-refractivity contribution >= 4 is 11.7 Å². The Bertz CT molecular complexity index is 856. The predicted octanol–water partition coefficient (Wildman–Crippen LogP) is 4.51. The lowest BCUT2D eigenvalue weighted by Gasteiger charge is -2.58. The first-order valence-electron chi connectivity index (χ1n) is 11.0. The first-order valence-corrected chi connectivity index (χ1v) is 11.0. The number of esters is 1. The van der Waals surface area contributed by atoms with Crippen LogP contribution in [-0.2, 0) is 9.53 Å². The summed E-state index contributed by atoms with van der Waals surface area (Å²) in [5, 5.41) is 12.7. The van der Waals surface area contributed by atoms with Gasteiger partial charge in [0.2, 0.25) is 0 Å². The number of rotatable bonds is 1. The van der Waals surface area contributed by atoms with Gasteiger partial charge < -0.3 is 9.94 Å². The molecule has 9 atom stereocenters. The predicted molar refractivity (Wildman–Crippen MR) is 106 cm³/mol. The van der Waals surface area contributed by atoms with E-state index in [1.165, 1.54) is 18.4 Å². The second kappa shape index (κ2) is 5.40. The Hall–Kier alpha value is -1.84. The second-order valence-electron chi connectivity index (χ2n) is 10.3. The molecule has 0 saturated heterocycles. The van der Waals surface area contributed by atoms with Gasteiger partial charge in [0.05, 0.1) is 5.71 Å². The Balaban J connectivity index is 1.41. The smallest absolute Gasteiger partial charge is 0.331 e. The van der Waals surface area contributed by atoms with E-state index >= 15 is 0 Å². The topological polar surface area (TPSA) is 58.9 Å². The minimum Gasteiger partial charge on any atom is -0.451 e. The zero-order valence-corrected chi connectivity index (χ0v) is 16.5. The summed E-state index contributed by atoms with van der Waals surface area (Å²) in [4.78, 5) is 12.1. The molecule has 6 rings (SSSR count). The maximum absolute atomic E-state index is 12.1. The molecular formula is C24H29NO3. The van der Waals surface area contributed by atoms with Crippen LogP contribution in [0.4, 0.5) is 0 Å². The third kappa shape index (κ3) is 1.87. The van der Waals surface area contributed by atoms with Gasteiger partial charge in [-0.2, -0.15) is 0 Å². The maximum atomic E-state index is 12.1. The Kier molecular flexibility index (Phi) is 3.29. The van der Waals surface area contributed by atoms with Crippen molar-refractivity contribution in [1.29, 1.82) is 0 Å². The van der Waals surface area contributed by atoms with E-state index in [-0.39, 0.29) is 17.0 Å². The maximum Gasteiger partial charge on any atom is 0.331 e. The number of oxime groups is 1. The summed E-state index contributed by atoms with van der Waals surface area (Å²) >= 11 is 0. The minimum absolute atomic E-state index is 0.0548. The molecule has 1 spiro atoms. The fourth-order valence-corrected chi connectivity index (χ4v) is 8.55. The molecule has 6 aliphatic rings. The molecule has 0 aromatic carbocycles. The summed E-state index contributed by atoms with van der Waals surface area (Å²) in [6.07, 6.45) is 14.7. The van der Waals surface area contributed by atoms with Crippen molar-refractivity contribution in [3.63, 3.8) is 0 Å². The third-order valence-corrected chi connectivity index (χ3v) is 9.58. The van der Waals surface area contributed by atoms with Crippen molar-refractivity contribution in [3.05, 3.63) is 36.5 Å². The molecule has 0 aromatic heterocycles. The highest BCUT2D eigenvalue weighted by Crippen LogP contribution is 2.78. The van der Waals surface area contributed by atoms with Gasteiger partial charge in [0.25, 0.3) is 0 Å². The summed E-state index contributed by atoms with van der Waals surface area (Å²) in [6.45, 7) is 6.63. The SMILES string of the molecule is C=C[C@@H]1CC2=C/C(=N/O)CC[C@@H]2C2CC[C@@]3(C)C(C21)[C@@H]1C[C@@H]1[C@@]31C=CC(=O)O1. The van der Waals surface area contributed by atoms with Crippen LogP contribution in [0.3, 0.4) is 0 Å². The van der Waals surface area contributed by atoms with Crippen LogP contribution in [0.2, 0.25) is 0 Å². The van der Waals surface area contributed by atoms with Crippen LogP contribution in [-0.4, -0.2) is 22.5 Å². The van der Waals surface area contributed by atoms with Crippen molar-refractivity contribution < 1.29 is 14.7 Å². The third-order valence-electron chi connectivity index (χ3n) is 9.58. The Morgan fingerprint density at radius 2 is 2.21 bits per heavy atom. The molecule has 0 aromatic rings. The van der Waals surface area contributed by atoms with Crippen LogP contribution >= 0.6 is 0 Å². The molecule has 4 fully saturated rings.